The lowest BCUT2D eigenvalue weighted by atomic mass is 9.88. The van der Waals surface area contributed by atoms with Gasteiger partial charge in [0.05, 0.1) is 11.8 Å². The van der Waals surface area contributed by atoms with Crippen LogP contribution in [0.15, 0.2) is 12.4 Å². The Hall–Kier alpha value is -1.36. The predicted octanol–water partition coefficient (Wildman–Crippen LogP) is 2.44. The fourth-order valence-corrected chi connectivity index (χ4v) is 3.99. The summed E-state index contributed by atoms with van der Waals surface area (Å²) in [6.07, 6.45) is 13.0. The molecule has 3 rings (SSSR count). The third-order valence-corrected chi connectivity index (χ3v) is 5.47. The minimum Gasteiger partial charge on any atom is -0.352 e. The normalized spacial score (nSPS) is 21.4. The van der Waals surface area contributed by atoms with Crippen molar-refractivity contribution in [1.82, 2.24) is 20.0 Å². The number of nitrogens with one attached hydrogen (secondary N) is 1. The van der Waals surface area contributed by atoms with Gasteiger partial charge in [0.15, 0.2) is 0 Å². The van der Waals surface area contributed by atoms with Gasteiger partial charge in [0.2, 0.25) is 0 Å². The smallest absolute Gasteiger partial charge is 0.254 e. The van der Waals surface area contributed by atoms with Crippen molar-refractivity contribution in [2.45, 2.75) is 44.9 Å². The Bertz CT molecular complexity index is 499. The van der Waals surface area contributed by atoms with Crippen molar-refractivity contribution >= 4 is 5.91 Å². The van der Waals surface area contributed by atoms with Crippen molar-refractivity contribution in [2.24, 2.45) is 18.9 Å². The van der Waals surface area contributed by atoms with Gasteiger partial charge < -0.3 is 10.2 Å². The first kappa shape index (κ1) is 16.5. The molecule has 0 unspecified atom stereocenters. The molecule has 5 heteroatoms. The first-order valence-electron chi connectivity index (χ1n) is 9.20. The SMILES string of the molecule is Cn1cc(C(=O)NCC2CCN(CC3CCCCC3)CC2)cn1. The molecule has 2 aliphatic rings. The molecule has 0 spiro atoms. The molecule has 128 valence electrons. The van der Waals surface area contributed by atoms with Gasteiger partial charge in [-0.05, 0) is 50.6 Å². The first-order chi connectivity index (χ1) is 11.2. The van der Waals surface area contributed by atoms with Gasteiger partial charge in [-0.1, -0.05) is 19.3 Å². The highest BCUT2D eigenvalue weighted by Gasteiger charge is 2.23. The van der Waals surface area contributed by atoms with Crippen molar-refractivity contribution < 1.29 is 4.79 Å². The second-order valence-electron chi connectivity index (χ2n) is 7.36. The number of carbonyl (C=O) groups excluding carboxylic acids is 1. The van der Waals surface area contributed by atoms with Gasteiger partial charge in [0.1, 0.15) is 0 Å². The van der Waals surface area contributed by atoms with Gasteiger partial charge in [-0.3, -0.25) is 9.48 Å². The Morgan fingerprint density at radius 2 is 1.91 bits per heavy atom. The molecule has 1 amide bonds. The number of aromatic nitrogens is 2. The zero-order valence-electron chi connectivity index (χ0n) is 14.3. The molecule has 1 aliphatic carbocycles. The van der Waals surface area contributed by atoms with Crippen molar-refractivity contribution in [3.63, 3.8) is 0 Å². The molecule has 2 fully saturated rings. The summed E-state index contributed by atoms with van der Waals surface area (Å²) in [5, 5.41) is 7.11. The monoisotopic (exact) mass is 318 g/mol. The average Bonchev–Trinajstić information content (AvgIpc) is 3.01. The summed E-state index contributed by atoms with van der Waals surface area (Å²) in [7, 11) is 1.83. The van der Waals surface area contributed by atoms with Crippen LogP contribution in [-0.2, 0) is 7.05 Å². The number of rotatable bonds is 5. The molecular formula is C18H30N4O. The highest BCUT2D eigenvalue weighted by atomic mass is 16.1. The maximum Gasteiger partial charge on any atom is 0.254 e. The van der Waals surface area contributed by atoms with Crippen LogP contribution in [-0.4, -0.2) is 46.8 Å². The molecule has 5 nitrogen and oxygen atoms in total. The van der Waals surface area contributed by atoms with E-state index in [-0.39, 0.29) is 5.91 Å². The van der Waals surface area contributed by atoms with E-state index < -0.39 is 0 Å². The lowest BCUT2D eigenvalue weighted by Crippen LogP contribution is -2.40. The predicted molar refractivity (Wildman–Crippen MR) is 91.3 cm³/mol. The third kappa shape index (κ3) is 4.80. The fourth-order valence-electron chi connectivity index (χ4n) is 3.99. The lowest BCUT2D eigenvalue weighted by Gasteiger charge is -2.35. The fraction of sp³-hybridized carbons (Fsp3) is 0.778. The topological polar surface area (TPSA) is 50.2 Å². The summed E-state index contributed by atoms with van der Waals surface area (Å²) in [5.74, 6) is 1.56. The van der Waals surface area contributed by atoms with Crippen LogP contribution in [0.4, 0.5) is 0 Å². The Balaban J connectivity index is 1.35. The molecule has 1 aliphatic heterocycles. The quantitative estimate of drug-likeness (QED) is 0.907. The minimum absolute atomic E-state index is 0.00253. The van der Waals surface area contributed by atoms with Gasteiger partial charge in [0.25, 0.3) is 5.91 Å². The van der Waals surface area contributed by atoms with E-state index in [0.717, 1.165) is 12.5 Å². The molecule has 0 radical (unpaired) electrons. The van der Waals surface area contributed by atoms with Gasteiger partial charge in [-0.25, -0.2) is 0 Å². The molecule has 0 atom stereocenters. The van der Waals surface area contributed by atoms with Crippen LogP contribution in [0.2, 0.25) is 0 Å². The highest BCUT2D eigenvalue weighted by molar-refractivity contribution is 5.93. The molecule has 1 N–H and O–H groups in total. The molecular weight excluding hydrogens is 288 g/mol. The zero-order valence-corrected chi connectivity index (χ0v) is 14.3. The Labute approximate surface area is 139 Å². The van der Waals surface area contributed by atoms with Crippen LogP contribution in [0, 0.1) is 11.8 Å². The summed E-state index contributed by atoms with van der Waals surface area (Å²) >= 11 is 0. The second kappa shape index (κ2) is 7.95. The van der Waals surface area contributed by atoms with Crippen LogP contribution in [0.5, 0.6) is 0 Å². The van der Waals surface area contributed by atoms with E-state index in [0.29, 0.717) is 11.5 Å². The zero-order chi connectivity index (χ0) is 16.1. The Morgan fingerprint density at radius 1 is 1.17 bits per heavy atom. The molecule has 0 bridgehead atoms. The molecule has 23 heavy (non-hydrogen) atoms. The van der Waals surface area contributed by atoms with Crippen LogP contribution in [0.3, 0.4) is 0 Å². The van der Waals surface area contributed by atoms with Crippen molar-refractivity contribution in [2.75, 3.05) is 26.2 Å². The summed E-state index contributed by atoms with van der Waals surface area (Å²) in [6, 6.07) is 0. The van der Waals surface area contributed by atoms with Gasteiger partial charge >= 0.3 is 0 Å². The number of piperidine rings is 1. The Kier molecular flexibility index (Phi) is 5.70. The van der Waals surface area contributed by atoms with Gasteiger partial charge in [-0.15, -0.1) is 0 Å². The third-order valence-electron chi connectivity index (χ3n) is 5.47. The Morgan fingerprint density at radius 3 is 2.57 bits per heavy atom. The number of carbonyl (C=O) groups is 1. The molecule has 0 aromatic carbocycles. The van der Waals surface area contributed by atoms with E-state index >= 15 is 0 Å². The standard InChI is InChI=1S/C18H30N4O/c1-21-14-17(12-20-21)18(23)19-11-15-7-9-22(10-8-15)13-16-5-3-2-4-6-16/h12,14-16H,2-11,13H2,1H3,(H,19,23). The van der Waals surface area contributed by atoms with E-state index in [9.17, 15) is 4.79 Å². The molecule has 1 aromatic heterocycles. The van der Waals surface area contributed by atoms with Crippen LogP contribution < -0.4 is 5.32 Å². The van der Waals surface area contributed by atoms with E-state index in [2.05, 4.69) is 15.3 Å². The lowest BCUT2D eigenvalue weighted by molar-refractivity contribution is 0.0931. The van der Waals surface area contributed by atoms with Crippen molar-refractivity contribution in [3.8, 4) is 0 Å². The second-order valence-corrected chi connectivity index (χ2v) is 7.36. The maximum atomic E-state index is 12.1. The van der Waals surface area contributed by atoms with E-state index in [1.54, 1.807) is 17.1 Å². The average molecular weight is 318 g/mol. The minimum atomic E-state index is 0.00253. The van der Waals surface area contributed by atoms with E-state index in [1.807, 2.05) is 7.05 Å². The van der Waals surface area contributed by atoms with Crippen LogP contribution in [0.25, 0.3) is 0 Å². The summed E-state index contributed by atoms with van der Waals surface area (Å²) in [4.78, 5) is 14.7. The number of nitrogens with zero attached hydrogens (tertiary/aromatic N) is 3. The molecule has 1 aromatic rings. The summed E-state index contributed by atoms with van der Waals surface area (Å²) in [5.41, 5.74) is 0.655. The van der Waals surface area contributed by atoms with Crippen LogP contribution in [0.1, 0.15) is 55.3 Å². The number of hydrogen-bond acceptors (Lipinski definition) is 3. The molecule has 1 saturated heterocycles. The first-order valence-corrected chi connectivity index (χ1v) is 9.20. The number of hydrogen-bond donors (Lipinski definition) is 1. The van der Waals surface area contributed by atoms with Gasteiger partial charge in [0, 0.05) is 26.3 Å². The largest absolute Gasteiger partial charge is 0.352 e. The highest BCUT2D eigenvalue weighted by Crippen LogP contribution is 2.26. The van der Waals surface area contributed by atoms with Crippen molar-refractivity contribution in [3.05, 3.63) is 18.0 Å². The van der Waals surface area contributed by atoms with E-state index in [1.165, 1.54) is 64.6 Å². The van der Waals surface area contributed by atoms with Crippen LogP contribution >= 0.6 is 0 Å². The van der Waals surface area contributed by atoms with Gasteiger partial charge in [-0.2, -0.15) is 5.10 Å². The number of amides is 1. The van der Waals surface area contributed by atoms with E-state index in [4.69, 9.17) is 0 Å². The summed E-state index contributed by atoms with van der Waals surface area (Å²) < 4.78 is 1.67. The number of aryl methyl sites for hydroxylation is 1. The number of likely N-dealkylation sites (tertiary alicyclic amines) is 1. The summed E-state index contributed by atoms with van der Waals surface area (Å²) in [6.45, 7) is 4.49. The molecule has 1 saturated carbocycles. The molecule has 2 heterocycles. The van der Waals surface area contributed by atoms with Crippen molar-refractivity contribution in [1.29, 1.82) is 0 Å². The maximum absolute atomic E-state index is 12.1.